The molecule has 0 spiro atoms. The fourth-order valence-corrected chi connectivity index (χ4v) is 2.22. The van der Waals surface area contributed by atoms with E-state index in [9.17, 15) is 14.9 Å². The van der Waals surface area contributed by atoms with Gasteiger partial charge in [0.05, 0.1) is 11.0 Å². The Morgan fingerprint density at radius 2 is 2.11 bits per heavy atom. The van der Waals surface area contributed by atoms with Gasteiger partial charge in [-0.25, -0.2) is 0 Å². The maximum atomic E-state index is 11.7. The average molecular weight is 263 g/mol. The van der Waals surface area contributed by atoms with E-state index in [1.807, 2.05) is 6.92 Å². The number of carbonyl (C=O) groups excluding carboxylic acids is 1. The molecule has 1 aliphatic rings. The highest BCUT2D eigenvalue weighted by Crippen LogP contribution is 2.15. The number of nitrogens with zero attached hydrogens (tertiary/aromatic N) is 1. The second-order valence-corrected chi connectivity index (χ2v) is 4.84. The van der Waals surface area contributed by atoms with Gasteiger partial charge < -0.3 is 10.6 Å². The summed E-state index contributed by atoms with van der Waals surface area (Å²) in [6, 6.07) is 6.17. The van der Waals surface area contributed by atoms with Gasteiger partial charge in [-0.05, 0) is 17.9 Å². The van der Waals surface area contributed by atoms with E-state index in [1.165, 1.54) is 12.1 Å². The van der Waals surface area contributed by atoms with E-state index >= 15 is 0 Å². The Hall–Kier alpha value is -1.95. The molecular weight excluding hydrogens is 246 g/mol. The highest BCUT2D eigenvalue weighted by Gasteiger charge is 2.27. The third-order valence-corrected chi connectivity index (χ3v) is 3.42. The van der Waals surface area contributed by atoms with Crippen LogP contribution in [0.2, 0.25) is 0 Å². The number of piperidine rings is 1. The summed E-state index contributed by atoms with van der Waals surface area (Å²) in [5.74, 6) is 0.326. The van der Waals surface area contributed by atoms with E-state index in [0.717, 1.165) is 18.5 Å². The number of nitrogens with one attached hydrogen (secondary N) is 2. The number of carbonyl (C=O) groups is 1. The van der Waals surface area contributed by atoms with Crippen molar-refractivity contribution in [1.82, 2.24) is 10.6 Å². The third kappa shape index (κ3) is 3.29. The van der Waals surface area contributed by atoms with E-state index in [4.69, 9.17) is 0 Å². The van der Waals surface area contributed by atoms with Crippen LogP contribution in [-0.2, 0) is 11.3 Å². The maximum Gasteiger partial charge on any atom is 0.269 e. The van der Waals surface area contributed by atoms with Crippen molar-refractivity contribution in [3.05, 3.63) is 39.9 Å². The highest BCUT2D eigenvalue weighted by molar-refractivity contribution is 5.82. The molecule has 2 N–H and O–H groups in total. The number of non-ortho nitro benzene ring substituents is 1. The van der Waals surface area contributed by atoms with Crippen LogP contribution in [0.5, 0.6) is 0 Å². The van der Waals surface area contributed by atoms with Gasteiger partial charge >= 0.3 is 0 Å². The molecule has 1 aliphatic heterocycles. The Morgan fingerprint density at radius 3 is 2.68 bits per heavy atom. The van der Waals surface area contributed by atoms with Crippen molar-refractivity contribution in [1.29, 1.82) is 0 Å². The largest absolute Gasteiger partial charge is 0.355 e. The second-order valence-electron chi connectivity index (χ2n) is 4.84. The zero-order valence-electron chi connectivity index (χ0n) is 10.8. The van der Waals surface area contributed by atoms with Crippen molar-refractivity contribution in [3.63, 3.8) is 0 Å². The van der Waals surface area contributed by atoms with E-state index < -0.39 is 4.92 Å². The van der Waals surface area contributed by atoms with Crippen molar-refractivity contribution < 1.29 is 9.72 Å². The van der Waals surface area contributed by atoms with Crippen molar-refractivity contribution >= 4 is 11.6 Å². The van der Waals surface area contributed by atoms with Gasteiger partial charge in [-0.1, -0.05) is 19.1 Å². The molecule has 1 amide bonds. The van der Waals surface area contributed by atoms with Crippen molar-refractivity contribution in [3.8, 4) is 0 Å². The molecule has 1 aromatic carbocycles. The highest BCUT2D eigenvalue weighted by atomic mass is 16.6. The molecule has 0 aromatic heterocycles. The third-order valence-electron chi connectivity index (χ3n) is 3.42. The van der Waals surface area contributed by atoms with E-state index in [2.05, 4.69) is 10.6 Å². The van der Waals surface area contributed by atoms with Gasteiger partial charge in [-0.2, -0.15) is 0 Å². The zero-order valence-corrected chi connectivity index (χ0v) is 10.8. The molecule has 2 atom stereocenters. The van der Waals surface area contributed by atoms with Gasteiger partial charge in [-0.15, -0.1) is 0 Å². The Labute approximate surface area is 111 Å². The molecule has 6 heteroatoms. The van der Waals surface area contributed by atoms with Crippen molar-refractivity contribution in [2.24, 2.45) is 5.92 Å². The zero-order chi connectivity index (χ0) is 13.8. The van der Waals surface area contributed by atoms with Crippen LogP contribution in [0.3, 0.4) is 0 Å². The summed E-state index contributed by atoms with van der Waals surface area (Å²) in [5, 5.41) is 16.6. The number of rotatable bonds is 4. The first-order valence-corrected chi connectivity index (χ1v) is 6.32. The van der Waals surface area contributed by atoms with Crippen LogP contribution >= 0.6 is 0 Å². The van der Waals surface area contributed by atoms with E-state index in [-0.39, 0.29) is 17.6 Å². The molecule has 102 valence electrons. The molecule has 1 fully saturated rings. The summed E-state index contributed by atoms with van der Waals surface area (Å²) in [6.07, 6.45) is 0.962. The predicted molar refractivity (Wildman–Crippen MR) is 70.5 cm³/mol. The predicted octanol–water partition coefficient (Wildman–Crippen LogP) is 1.21. The Kier molecular flexibility index (Phi) is 4.11. The fraction of sp³-hybridized carbons (Fsp3) is 0.462. The lowest BCUT2D eigenvalue weighted by Crippen LogP contribution is -2.52. The number of hydrogen-bond donors (Lipinski definition) is 2. The lowest BCUT2D eigenvalue weighted by molar-refractivity contribution is -0.384. The smallest absolute Gasteiger partial charge is 0.269 e. The van der Waals surface area contributed by atoms with Gasteiger partial charge in [0.15, 0.2) is 0 Å². The minimum Gasteiger partial charge on any atom is -0.355 e. The monoisotopic (exact) mass is 263 g/mol. The molecule has 2 rings (SSSR count). The summed E-state index contributed by atoms with van der Waals surface area (Å²) >= 11 is 0. The van der Waals surface area contributed by atoms with Crippen LogP contribution in [0.1, 0.15) is 18.9 Å². The number of benzene rings is 1. The van der Waals surface area contributed by atoms with Crippen LogP contribution in [0.4, 0.5) is 5.69 Å². The van der Waals surface area contributed by atoms with Gasteiger partial charge in [0.1, 0.15) is 0 Å². The van der Waals surface area contributed by atoms with Gasteiger partial charge in [0.25, 0.3) is 5.69 Å². The normalized spacial score (nSPS) is 22.9. The SMILES string of the molecule is CC1CCNC(=O)C1NCc1ccc([N+](=O)[O-])cc1. The maximum absolute atomic E-state index is 11.7. The topological polar surface area (TPSA) is 84.3 Å². The molecule has 19 heavy (non-hydrogen) atoms. The molecule has 0 bridgehead atoms. The molecule has 1 aromatic rings. The summed E-state index contributed by atoms with van der Waals surface area (Å²) in [4.78, 5) is 21.8. The first kappa shape index (κ1) is 13.5. The molecule has 0 saturated carbocycles. The number of amides is 1. The van der Waals surface area contributed by atoms with Crippen LogP contribution in [-0.4, -0.2) is 23.4 Å². The average Bonchev–Trinajstić information content (AvgIpc) is 2.38. The lowest BCUT2D eigenvalue weighted by Gasteiger charge is -2.29. The van der Waals surface area contributed by atoms with Gasteiger partial charge in [-0.3, -0.25) is 14.9 Å². The minimum absolute atomic E-state index is 0.0284. The Morgan fingerprint density at radius 1 is 1.42 bits per heavy atom. The second kappa shape index (κ2) is 5.79. The summed E-state index contributed by atoms with van der Waals surface area (Å²) in [5.41, 5.74) is 1.00. The first-order valence-electron chi connectivity index (χ1n) is 6.32. The van der Waals surface area contributed by atoms with Gasteiger partial charge in [0, 0.05) is 25.2 Å². The van der Waals surface area contributed by atoms with E-state index in [1.54, 1.807) is 12.1 Å². The summed E-state index contributed by atoms with van der Waals surface area (Å²) in [7, 11) is 0. The standard InChI is InChI=1S/C13H17N3O3/c1-9-6-7-14-13(17)12(9)15-8-10-2-4-11(5-3-10)16(18)19/h2-5,9,12,15H,6-8H2,1H3,(H,14,17). The van der Waals surface area contributed by atoms with Crippen LogP contribution in [0, 0.1) is 16.0 Å². The van der Waals surface area contributed by atoms with Gasteiger partial charge in [0.2, 0.25) is 5.91 Å². The quantitative estimate of drug-likeness (QED) is 0.631. The Bertz CT molecular complexity index is 473. The van der Waals surface area contributed by atoms with Crippen LogP contribution < -0.4 is 10.6 Å². The molecule has 2 unspecified atom stereocenters. The molecule has 1 saturated heterocycles. The number of hydrogen-bond acceptors (Lipinski definition) is 4. The number of nitro groups is 1. The fourth-order valence-electron chi connectivity index (χ4n) is 2.22. The molecule has 0 radical (unpaired) electrons. The van der Waals surface area contributed by atoms with E-state index in [0.29, 0.717) is 12.5 Å². The van der Waals surface area contributed by atoms with Crippen LogP contribution in [0.25, 0.3) is 0 Å². The Balaban J connectivity index is 1.94. The van der Waals surface area contributed by atoms with Crippen LogP contribution in [0.15, 0.2) is 24.3 Å². The lowest BCUT2D eigenvalue weighted by atomic mass is 9.94. The minimum atomic E-state index is -0.423. The molecule has 0 aliphatic carbocycles. The first-order chi connectivity index (χ1) is 9.08. The molecular formula is C13H17N3O3. The molecule has 1 heterocycles. The summed E-state index contributed by atoms with van der Waals surface area (Å²) < 4.78 is 0. The van der Waals surface area contributed by atoms with Crippen molar-refractivity contribution in [2.45, 2.75) is 25.9 Å². The molecule has 6 nitrogen and oxygen atoms in total. The summed E-state index contributed by atoms with van der Waals surface area (Å²) in [6.45, 7) is 3.31. The van der Waals surface area contributed by atoms with Crippen molar-refractivity contribution in [2.75, 3.05) is 6.54 Å². The number of nitro benzene ring substituents is 1.